The molecule has 1 aliphatic heterocycles. The van der Waals surface area contributed by atoms with Crippen molar-refractivity contribution < 1.29 is 4.79 Å². The van der Waals surface area contributed by atoms with Gasteiger partial charge in [-0.05, 0) is 61.1 Å². The molecule has 2 aliphatic carbocycles. The van der Waals surface area contributed by atoms with E-state index >= 15 is 0 Å². The number of carbonyl (C=O) groups is 1. The Morgan fingerprint density at radius 2 is 1.74 bits per heavy atom. The van der Waals surface area contributed by atoms with Gasteiger partial charge in [0.1, 0.15) is 16.5 Å². The Balaban J connectivity index is 1.30. The molecule has 3 heterocycles. The second-order valence-electron chi connectivity index (χ2n) is 11.3. The summed E-state index contributed by atoms with van der Waals surface area (Å²) < 4.78 is 0. The van der Waals surface area contributed by atoms with Gasteiger partial charge in [-0.3, -0.25) is 4.79 Å². The third-order valence-electron chi connectivity index (χ3n) is 7.96. The quantitative estimate of drug-likeness (QED) is 0.490. The molecule has 1 atom stereocenters. The van der Waals surface area contributed by atoms with E-state index in [1.165, 1.54) is 39.9 Å². The van der Waals surface area contributed by atoms with Crippen LogP contribution in [0.15, 0.2) is 30.3 Å². The maximum Gasteiger partial charge on any atom is 0.253 e. The Morgan fingerprint density at radius 3 is 2.41 bits per heavy atom. The van der Waals surface area contributed by atoms with Gasteiger partial charge in [0, 0.05) is 42.5 Å². The van der Waals surface area contributed by atoms with Crippen LogP contribution in [0, 0.1) is 11.3 Å². The molecule has 2 aromatic heterocycles. The van der Waals surface area contributed by atoms with Gasteiger partial charge in [-0.25, -0.2) is 9.97 Å². The zero-order valence-corrected chi connectivity index (χ0v) is 21.3. The molecule has 1 saturated carbocycles. The predicted octanol–water partition coefficient (Wildman–Crippen LogP) is 5.68. The first-order chi connectivity index (χ1) is 16.4. The third kappa shape index (κ3) is 4.00. The fourth-order valence-electron chi connectivity index (χ4n) is 5.55. The van der Waals surface area contributed by atoms with Crippen molar-refractivity contribution >= 4 is 33.3 Å². The van der Waals surface area contributed by atoms with Crippen LogP contribution in [0.2, 0.25) is 0 Å². The minimum absolute atomic E-state index is 0.132. The zero-order valence-electron chi connectivity index (χ0n) is 20.5. The predicted molar refractivity (Wildman–Crippen MR) is 139 cm³/mol. The summed E-state index contributed by atoms with van der Waals surface area (Å²) in [6.45, 7) is 10.2. The molecule has 0 spiro atoms. The molecule has 2 fully saturated rings. The normalized spacial score (nSPS) is 21.1. The van der Waals surface area contributed by atoms with E-state index in [1.807, 2.05) is 46.6 Å². The van der Waals surface area contributed by atoms with Gasteiger partial charge in [0.15, 0.2) is 0 Å². The molecule has 1 saturated heterocycles. The van der Waals surface area contributed by atoms with Crippen LogP contribution in [0.25, 0.3) is 10.2 Å². The number of benzene rings is 1. The topological polar surface area (TPSA) is 49.3 Å². The second-order valence-corrected chi connectivity index (χ2v) is 12.4. The Kier molecular flexibility index (Phi) is 5.40. The molecule has 1 aromatic carbocycles. The molecule has 34 heavy (non-hydrogen) atoms. The molecule has 178 valence electrons. The first kappa shape index (κ1) is 22.0. The van der Waals surface area contributed by atoms with Gasteiger partial charge in [0.05, 0.1) is 5.39 Å². The van der Waals surface area contributed by atoms with Gasteiger partial charge in [-0.15, -0.1) is 11.3 Å². The molecule has 0 N–H and O–H groups in total. The van der Waals surface area contributed by atoms with E-state index in [2.05, 4.69) is 25.7 Å². The van der Waals surface area contributed by atoms with Crippen LogP contribution in [0.5, 0.6) is 0 Å². The average Bonchev–Trinajstić information content (AvgIpc) is 3.63. The molecule has 6 heteroatoms. The van der Waals surface area contributed by atoms with Crippen molar-refractivity contribution in [2.75, 3.05) is 31.1 Å². The maximum atomic E-state index is 13.0. The van der Waals surface area contributed by atoms with Crippen LogP contribution in [-0.4, -0.2) is 47.0 Å². The van der Waals surface area contributed by atoms with Crippen LogP contribution in [0.3, 0.4) is 0 Å². The van der Waals surface area contributed by atoms with Gasteiger partial charge in [0.2, 0.25) is 0 Å². The summed E-state index contributed by atoms with van der Waals surface area (Å²) in [6.07, 6.45) is 5.95. The van der Waals surface area contributed by atoms with Crippen LogP contribution in [-0.2, 0) is 12.8 Å². The highest BCUT2D eigenvalue weighted by molar-refractivity contribution is 7.19. The number of aryl methyl sites for hydroxylation is 1. The number of nitrogens with zero attached hydrogens (tertiary/aromatic N) is 4. The number of anilines is 1. The van der Waals surface area contributed by atoms with Gasteiger partial charge >= 0.3 is 0 Å². The van der Waals surface area contributed by atoms with E-state index in [0.29, 0.717) is 11.3 Å². The van der Waals surface area contributed by atoms with Crippen molar-refractivity contribution in [3.63, 3.8) is 0 Å². The SMILES string of the molecule is CC(C)(C)[C@H]1CCc2c(sc3nc(C4CC4)nc(N4CCN(C(=O)c5ccccc5)CC4)c23)C1. The molecular formula is C28H34N4OS. The summed E-state index contributed by atoms with van der Waals surface area (Å²) in [5, 5.41) is 1.31. The fourth-order valence-corrected chi connectivity index (χ4v) is 6.85. The molecule has 0 radical (unpaired) electrons. The minimum atomic E-state index is 0.132. The van der Waals surface area contributed by atoms with E-state index in [9.17, 15) is 4.79 Å². The fraction of sp³-hybridized carbons (Fsp3) is 0.536. The van der Waals surface area contributed by atoms with E-state index in [1.54, 1.807) is 0 Å². The van der Waals surface area contributed by atoms with Crippen molar-refractivity contribution in [1.29, 1.82) is 0 Å². The van der Waals surface area contributed by atoms with Gasteiger partial charge in [0.25, 0.3) is 5.91 Å². The summed E-state index contributed by atoms with van der Waals surface area (Å²) in [7, 11) is 0. The van der Waals surface area contributed by atoms with Gasteiger partial charge in [-0.1, -0.05) is 39.0 Å². The molecule has 3 aromatic rings. The summed E-state index contributed by atoms with van der Waals surface area (Å²) in [5.74, 6) is 3.56. The molecule has 5 nitrogen and oxygen atoms in total. The molecular weight excluding hydrogens is 440 g/mol. The van der Waals surface area contributed by atoms with Gasteiger partial charge in [-0.2, -0.15) is 0 Å². The van der Waals surface area contributed by atoms with Crippen molar-refractivity contribution in [2.45, 2.75) is 58.8 Å². The Bertz CT molecular complexity index is 1220. The lowest BCUT2D eigenvalue weighted by Crippen LogP contribution is -2.49. The Labute approximate surface area is 206 Å². The zero-order chi connectivity index (χ0) is 23.4. The number of fused-ring (bicyclic) bond motifs is 3. The lowest BCUT2D eigenvalue weighted by atomic mass is 9.72. The van der Waals surface area contributed by atoms with Crippen molar-refractivity contribution in [3.8, 4) is 0 Å². The van der Waals surface area contributed by atoms with E-state index in [0.717, 1.165) is 62.1 Å². The van der Waals surface area contributed by atoms with E-state index < -0.39 is 0 Å². The number of rotatable bonds is 3. The summed E-state index contributed by atoms with van der Waals surface area (Å²) >= 11 is 1.92. The first-order valence-electron chi connectivity index (χ1n) is 12.8. The highest BCUT2D eigenvalue weighted by Crippen LogP contribution is 2.47. The number of hydrogen-bond donors (Lipinski definition) is 0. The minimum Gasteiger partial charge on any atom is -0.352 e. The van der Waals surface area contributed by atoms with Crippen molar-refractivity contribution in [2.24, 2.45) is 11.3 Å². The number of amides is 1. The number of carbonyl (C=O) groups excluding carboxylic acids is 1. The van der Waals surface area contributed by atoms with Crippen LogP contribution in [0.4, 0.5) is 5.82 Å². The molecule has 6 rings (SSSR count). The smallest absolute Gasteiger partial charge is 0.253 e. The van der Waals surface area contributed by atoms with E-state index in [4.69, 9.17) is 9.97 Å². The Hall–Kier alpha value is -2.47. The Morgan fingerprint density at radius 1 is 1.00 bits per heavy atom. The highest BCUT2D eigenvalue weighted by Gasteiger charge is 2.35. The number of thiophene rings is 1. The van der Waals surface area contributed by atoms with Crippen LogP contribution in [0.1, 0.15) is 72.6 Å². The summed E-state index contributed by atoms with van der Waals surface area (Å²) in [6, 6.07) is 9.65. The molecule has 0 unspecified atom stereocenters. The third-order valence-corrected chi connectivity index (χ3v) is 9.11. The monoisotopic (exact) mass is 474 g/mol. The van der Waals surface area contributed by atoms with Gasteiger partial charge < -0.3 is 9.80 Å². The summed E-state index contributed by atoms with van der Waals surface area (Å²) in [4.78, 5) is 30.3. The number of hydrogen-bond acceptors (Lipinski definition) is 5. The van der Waals surface area contributed by atoms with E-state index in [-0.39, 0.29) is 5.91 Å². The largest absolute Gasteiger partial charge is 0.352 e. The molecule has 3 aliphatic rings. The number of aromatic nitrogens is 2. The maximum absolute atomic E-state index is 13.0. The second kappa shape index (κ2) is 8.33. The van der Waals surface area contributed by atoms with Crippen LogP contribution >= 0.6 is 11.3 Å². The number of piperazine rings is 1. The standard InChI is InChI=1S/C28H34N4OS/c1-28(2,3)20-11-12-21-22(17-20)34-26-23(21)25(29-24(30-26)18-9-10-18)31-13-15-32(16-14-31)27(33)19-7-5-4-6-8-19/h4-8,18,20H,9-17H2,1-3H3/t20-/m0/s1. The average molecular weight is 475 g/mol. The summed E-state index contributed by atoms with van der Waals surface area (Å²) in [5.41, 5.74) is 2.61. The highest BCUT2D eigenvalue weighted by atomic mass is 32.1. The van der Waals surface area contributed by atoms with Crippen molar-refractivity contribution in [1.82, 2.24) is 14.9 Å². The first-order valence-corrected chi connectivity index (χ1v) is 13.6. The molecule has 1 amide bonds. The lowest BCUT2D eigenvalue weighted by Gasteiger charge is -2.36. The van der Waals surface area contributed by atoms with Crippen molar-refractivity contribution in [3.05, 3.63) is 52.2 Å². The lowest BCUT2D eigenvalue weighted by molar-refractivity contribution is 0.0746. The van der Waals surface area contributed by atoms with Crippen LogP contribution < -0.4 is 4.90 Å². The molecule has 0 bridgehead atoms.